The predicted octanol–water partition coefficient (Wildman–Crippen LogP) is 3.28. The molecule has 0 spiro atoms. The molecule has 2 rings (SSSR count). The topological polar surface area (TPSA) is 45.4 Å². The van der Waals surface area contributed by atoms with Crippen LogP contribution in [0.5, 0.6) is 0 Å². The lowest BCUT2D eigenvalue weighted by molar-refractivity contribution is 0.169. The van der Waals surface area contributed by atoms with Gasteiger partial charge in [0.25, 0.3) is 0 Å². The molecule has 1 aromatic carbocycles. The lowest BCUT2D eigenvalue weighted by Crippen LogP contribution is -2.24. The number of aliphatic hydroxyl groups excluding tert-OH is 1. The van der Waals surface area contributed by atoms with Crippen LogP contribution < -0.4 is 5.32 Å². The minimum Gasteiger partial charge on any atom is -0.465 e. The van der Waals surface area contributed by atoms with Crippen molar-refractivity contribution in [3.05, 3.63) is 59.0 Å². The van der Waals surface area contributed by atoms with Crippen molar-refractivity contribution in [1.82, 2.24) is 5.32 Å². The molecule has 1 aromatic heterocycles. The summed E-state index contributed by atoms with van der Waals surface area (Å²) in [6.07, 6.45) is -0.501. The second-order valence-electron chi connectivity index (χ2n) is 5.01. The van der Waals surface area contributed by atoms with Gasteiger partial charge in [-0.25, -0.2) is 0 Å². The first-order chi connectivity index (χ1) is 9.06. The Labute approximate surface area is 114 Å². The Bertz CT molecular complexity index is 533. The van der Waals surface area contributed by atoms with Crippen LogP contribution in [0.15, 0.2) is 40.8 Å². The van der Waals surface area contributed by atoms with Crippen LogP contribution in [0, 0.1) is 13.8 Å². The van der Waals surface area contributed by atoms with Gasteiger partial charge in [0.2, 0.25) is 0 Å². The van der Waals surface area contributed by atoms with Gasteiger partial charge in [0, 0.05) is 6.54 Å². The van der Waals surface area contributed by atoms with Crippen molar-refractivity contribution in [3.8, 4) is 0 Å². The van der Waals surface area contributed by atoms with Crippen LogP contribution in [0.4, 0.5) is 0 Å². The molecule has 19 heavy (non-hydrogen) atoms. The Morgan fingerprint density at radius 1 is 1.21 bits per heavy atom. The Balaban J connectivity index is 1.91. The molecule has 102 valence electrons. The van der Waals surface area contributed by atoms with E-state index in [1.807, 2.05) is 57.2 Å². The lowest BCUT2D eigenvalue weighted by atomic mass is 10.1. The average Bonchev–Trinajstić information content (AvgIpc) is 2.82. The highest BCUT2D eigenvalue weighted by Gasteiger charge is 2.12. The molecule has 0 amide bonds. The van der Waals surface area contributed by atoms with Gasteiger partial charge in [0.15, 0.2) is 0 Å². The highest BCUT2D eigenvalue weighted by molar-refractivity contribution is 5.24. The summed E-state index contributed by atoms with van der Waals surface area (Å²) < 4.78 is 5.56. The molecule has 2 unspecified atom stereocenters. The van der Waals surface area contributed by atoms with Gasteiger partial charge in [0.1, 0.15) is 11.5 Å². The van der Waals surface area contributed by atoms with Gasteiger partial charge in [-0.3, -0.25) is 0 Å². The van der Waals surface area contributed by atoms with Gasteiger partial charge in [-0.1, -0.05) is 29.8 Å². The monoisotopic (exact) mass is 259 g/mol. The quantitative estimate of drug-likeness (QED) is 0.866. The van der Waals surface area contributed by atoms with E-state index in [4.69, 9.17) is 4.42 Å². The van der Waals surface area contributed by atoms with Crippen LogP contribution in [0.2, 0.25) is 0 Å². The zero-order chi connectivity index (χ0) is 13.8. The minimum atomic E-state index is -0.501. The van der Waals surface area contributed by atoms with Crippen molar-refractivity contribution >= 4 is 0 Å². The van der Waals surface area contributed by atoms with Crippen LogP contribution in [-0.4, -0.2) is 11.7 Å². The number of rotatable bonds is 5. The van der Waals surface area contributed by atoms with Crippen LogP contribution in [-0.2, 0) is 0 Å². The van der Waals surface area contributed by atoms with Gasteiger partial charge in [-0.2, -0.15) is 0 Å². The van der Waals surface area contributed by atoms with Crippen LogP contribution in [0.3, 0.4) is 0 Å². The Hall–Kier alpha value is -1.58. The molecular weight excluding hydrogens is 238 g/mol. The van der Waals surface area contributed by atoms with Crippen molar-refractivity contribution in [1.29, 1.82) is 0 Å². The fraction of sp³-hybridized carbons (Fsp3) is 0.375. The van der Waals surface area contributed by atoms with Gasteiger partial charge in [-0.15, -0.1) is 0 Å². The van der Waals surface area contributed by atoms with E-state index in [1.165, 1.54) is 0 Å². The van der Waals surface area contributed by atoms with Crippen LogP contribution >= 0.6 is 0 Å². The number of hydrogen-bond donors (Lipinski definition) is 2. The second kappa shape index (κ2) is 6.04. The fourth-order valence-electron chi connectivity index (χ4n) is 2.07. The Morgan fingerprint density at radius 2 is 2.00 bits per heavy atom. The molecule has 2 atom stereocenters. The van der Waals surface area contributed by atoms with E-state index in [1.54, 1.807) is 0 Å². The summed E-state index contributed by atoms with van der Waals surface area (Å²) in [7, 11) is 0. The average molecular weight is 259 g/mol. The molecule has 0 saturated carbocycles. The summed E-state index contributed by atoms with van der Waals surface area (Å²) in [6, 6.07) is 11.9. The smallest absolute Gasteiger partial charge is 0.120 e. The molecule has 0 saturated heterocycles. The van der Waals surface area contributed by atoms with Gasteiger partial charge >= 0.3 is 0 Å². The minimum absolute atomic E-state index is 0.0909. The Morgan fingerprint density at radius 3 is 2.63 bits per heavy atom. The van der Waals surface area contributed by atoms with Crippen LogP contribution in [0.1, 0.15) is 41.7 Å². The third-order valence-electron chi connectivity index (χ3n) is 3.23. The largest absolute Gasteiger partial charge is 0.465 e. The maximum absolute atomic E-state index is 10.2. The lowest BCUT2D eigenvalue weighted by Gasteiger charge is -2.16. The maximum Gasteiger partial charge on any atom is 0.120 e. The molecule has 0 radical (unpaired) electrons. The molecule has 1 heterocycles. The van der Waals surface area contributed by atoms with Crippen molar-refractivity contribution in [3.63, 3.8) is 0 Å². The number of nitrogens with one attached hydrogen (secondary N) is 1. The first-order valence-electron chi connectivity index (χ1n) is 6.60. The summed E-state index contributed by atoms with van der Waals surface area (Å²) in [6.45, 7) is 6.49. The molecular formula is C16H21NO2. The first kappa shape index (κ1) is 13.8. The van der Waals surface area contributed by atoms with Gasteiger partial charge in [-0.05, 0) is 38.5 Å². The van der Waals surface area contributed by atoms with Crippen LogP contribution in [0.25, 0.3) is 0 Å². The third kappa shape index (κ3) is 3.69. The highest BCUT2D eigenvalue weighted by atomic mass is 16.3. The molecule has 3 nitrogen and oxygen atoms in total. The van der Waals surface area contributed by atoms with E-state index < -0.39 is 6.10 Å². The molecule has 0 fully saturated rings. The predicted molar refractivity (Wildman–Crippen MR) is 76.0 cm³/mol. The summed E-state index contributed by atoms with van der Waals surface area (Å²) in [5.41, 5.74) is 2.10. The number of furan rings is 1. The van der Waals surface area contributed by atoms with E-state index in [2.05, 4.69) is 5.32 Å². The number of aryl methyl sites for hydroxylation is 2. The molecule has 2 N–H and O–H groups in total. The van der Waals surface area contributed by atoms with Gasteiger partial charge in [0.05, 0.1) is 12.1 Å². The maximum atomic E-state index is 10.2. The first-order valence-corrected chi connectivity index (χ1v) is 6.60. The normalized spacial score (nSPS) is 14.3. The van der Waals surface area contributed by atoms with Crippen molar-refractivity contribution in [2.75, 3.05) is 6.54 Å². The van der Waals surface area contributed by atoms with Crippen molar-refractivity contribution in [2.24, 2.45) is 0 Å². The van der Waals surface area contributed by atoms with E-state index in [0.29, 0.717) is 6.54 Å². The highest BCUT2D eigenvalue weighted by Crippen LogP contribution is 2.18. The standard InChI is InChI=1S/C16H21NO2/c1-11-5-4-6-14(9-11)15(18)10-17-13(3)16-8-7-12(2)19-16/h4-9,13,15,17-18H,10H2,1-3H3. The van der Waals surface area contributed by atoms with Gasteiger partial charge < -0.3 is 14.8 Å². The molecule has 0 aliphatic heterocycles. The van der Waals surface area contributed by atoms with E-state index in [-0.39, 0.29) is 6.04 Å². The summed E-state index contributed by atoms with van der Waals surface area (Å²) in [5.74, 6) is 1.80. The zero-order valence-corrected chi connectivity index (χ0v) is 11.7. The third-order valence-corrected chi connectivity index (χ3v) is 3.23. The second-order valence-corrected chi connectivity index (χ2v) is 5.01. The summed E-state index contributed by atoms with van der Waals surface area (Å²) in [5, 5.41) is 13.4. The number of aliphatic hydroxyl groups is 1. The summed E-state index contributed by atoms with van der Waals surface area (Å²) >= 11 is 0. The van der Waals surface area contributed by atoms with E-state index in [9.17, 15) is 5.11 Å². The Kier molecular flexibility index (Phi) is 4.40. The van der Waals surface area contributed by atoms with Crippen molar-refractivity contribution < 1.29 is 9.52 Å². The fourth-order valence-corrected chi connectivity index (χ4v) is 2.07. The van der Waals surface area contributed by atoms with Crippen molar-refractivity contribution in [2.45, 2.75) is 32.9 Å². The molecule has 3 heteroatoms. The molecule has 0 bridgehead atoms. The van der Waals surface area contributed by atoms with E-state index >= 15 is 0 Å². The molecule has 0 aliphatic rings. The number of benzene rings is 1. The zero-order valence-electron chi connectivity index (χ0n) is 11.7. The summed E-state index contributed by atoms with van der Waals surface area (Å²) in [4.78, 5) is 0. The molecule has 2 aromatic rings. The molecule has 0 aliphatic carbocycles. The van der Waals surface area contributed by atoms with E-state index in [0.717, 1.165) is 22.6 Å². The SMILES string of the molecule is Cc1cccc(C(O)CNC(C)c2ccc(C)o2)c1. The number of hydrogen-bond acceptors (Lipinski definition) is 3.